The third kappa shape index (κ3) is 1.04. The van der Waals surface area contributed by atoms with Gasteiger partial charge in [-0.2, -0.15) is 0 Å². The van der Waals surface area contributed by atoms with Gasteiger partial charge in [-0.1, -0.05) is 6.08 Å². The van der Waals surface area contributed by atoms with Crippen LogP contribution in [0.25, 0.3) is 0 Å². The second-order valence-electron chi connectivity index (χ2n) is 3.02. The molecule has 0 aromatic heterocycles. The number of nitrogens with two attached hydrogens (primary N) is 1. The van der Waals surface area contributed by atoms with E-state index in [2.05, 4.69) is 11.3 Å². The standard InChI is InChI=1S/C8H11NO3/c1-3-4-8(2)5(10)6(9)12-7(8)11/h3,6H,1,4,9H2,2H3. The summed E-state index contributed by atoms with van der Waals surface area (Å²) >= 11 is 0. The molecule has 12 heavy (non-hydrogen) atoms. The van der Waals surface area contributed by atoms with Crippen molar-refractivity contribution in [2.75, 3.05) is 0 Å². The molecule has 1 fully saturated rings. The van der Waals surface area contributed by atoms with Gasteiger partial charge in [-0.25, -0.2) is 0 Å². The maximum Gasteiger partial charge on any atom is 0.321 e. The van der Waals surface area contributed by atoms with Crippen LogP contribution < -0.4 is 5.73 Å². The first-order valence-corrected chi connectivity index (χ1v) is 3.64. The number of allylic oxidation sites excluding steroid dienone is 1. The van der Waals surface area contributed by atoms with Gasteiger partial charge in [0.2, 0.25) is 12.0 Å². The van der Waals surface area contributed by atoms with Gasteiger partial charge < -0.3 is 4.74 Å². The van der Waals surface area contributed by atoms with Crippen LogP contribution in [0.15, 0.2) is 12.7 Å². The summed E-state index contributed by atoms with van der Waals surface area (Å²) in [7, 11) is 0. The number of ether oxygens (including phenoxy) is 1. The summed E-state index contributed by atoms with van der Waals surface area (Å²) in [5.74, 6) is -0.924. The molecule has 4 nitrogen and oxygen atoms in total. The molecule has 0 bridgehead atoms. The van der Waals surface area contributed by atoms with Crippen molar-refractivity contribution in [1.82, 2.24) is 0 Å². The van der Waals surface area contributed by atoms with Gasteiger partial charge in [0.05, 0.1) is 0 Å². The zero-order valence-electron chi connectivity index (χ0n) is 6.87. The molecular formula is C8H11NO3. The summed E-state index contributed by atoms with van der Waals surface area (Å²) in [4.78, 5) is 22.4. The van der Waals surface area contributed by atoms with Crippen molar-refractivity contribution in [2.24, 2.45) is 11.1 Å². The first kappa shape index (κ1) is 8.93. The molecule has 0 saturated carbocycles. The van der Waals surface area contributed by atoms with Crippen LogP contribution in [0.4, 0.5) is 0 Å². The van der Waals surface area contributed by atoms with Crippen LogP contribution >= 0.6 is 0 Å². The molecule has 66 valence electrons. The Balaban J connectivity index is 2.95. The molecule has 0 aromatic carbocycles. The largest absolute Gasteiger partial charge is 0.438 e. The fraction of sp³-hybridized carbons (Fsp3) is 0.500. The van der Waals surface area contributed by atoms with E-state index in [9.17, 15) is 9.59 Å². The maximum absolute atomic E-state index is 11.3. The lowest BCUT2D eigenvalue weighted by Crippen LogP contribution is -2.34. The molecule has 0 aromatic rings. The molecule has 2 atom stereocenters. The van der Waals surface area contributed by atoms with Gasteiger partial charge in [0, 0.05) is 0 Å². The Morgan fingerprint density at radius 2 is 2.33 bits per heavy atom. The number of rotatable bonds is 2. The topological polar surface area (TPSA) is 69.4 Å². The van der Waals surface area contributed by atoms with Crippen LogP contribution in [0.1, 0.15) is 13.3 Å². The Hall–Kier alpha value is -1.16. The number of cyclic esters (lactones) is 1. The first-order chi connectivity index (χ1) is 5.52. The summed E-state index contributed by atoms with van der Waals surface area (Å²) < 4.78 is 4.58. The lowest BCUT2D eigenvalue weighted by molar-refractivity contribution is -0.147. The molecule has 1 rings (SSSR count). The summed E-state index contributed by atoms with van der Waals surface area (Å²) in [6, 6.07) is 0. The predicted molar refractivity (Wildman–Crippen MR) is 42.0 cm³/mol. The molecule has 4 heteroatoms. The van der Waals surface area contributed by atoms with Crippen molar-refractivity contribution >= 4 is 11.8 Å². The van der Waals surface area contributed by atoms with Crippen LogP contribution in [0, 0.1) is 5.41 Å². The van der Waals surface area contributed by atoms with Crippen molar-refractivity contribution in [3.63, 3.8) is 0 Å². The van der Waals surface area contributed by atoms with Gasteiger partial charge in [-0.3, -0.25) is 15.3 Å². The molecule has 2 N–H and O–H groups in total. The fourth-order valence-corrected chi connectivity index (χ4v) is 1.19. The molecular weight excluding hydrogens is 158 g/mol. The van der Waals surface area contributed by atoms with Gasteiger partial charge >= 0.3 is 5.97 Å². The van der Waals surface area contributed by atoms with Crippen LogP contribution in [-0.2, 0) is 14.3 Å². The van der Waals surface area contributed by atoms with E-state index in [4.69, 9.17) is 5.73 Å². The average Bonchev–Trinajstić information content (AvgIpc) is 2.17. The molecule has 0 amide bonds. The zero-order valence-corrected chi connectivity index (χ0v) is 6.87. The molecule has 0 spiro atoms. The molecule has 0 aliphatic carbocycles. The summed E-state index contributed by atoms with van der Waals surface area (Å²) in [5.41, 5.74) is 4.14. The van der Waals surface area contributed by atoms with E-state index in [-0.39, 0.29) is 12.2 Å². The smallest absolute Gasteiger partial charge is 0.321 e. The van der Waals surface area contributed by atoms with E-state index < -0.39 is 17.6 Å². The lowest BCUT2D eigenvalue weighted by Gasteiger charge is -2.13. The normalized spacial score (nSPS) is 35.0. The van der Waals surface area contributed by atoms with Crippen molar-refractivity contribution < 1.29 is 14.3 Å². The van der Waals surface area contributed by atoms with Gasteiger partial charge in [-0.15, -0.1) is 6.58 Å². The second kappa shape index (κ2) is 2.71. The number of hydrogen-bond acceptors (Lipinski definition) is 4. The summed E-state index contributed by atoms with van der Waals surface area (Å²) in [6.45, 7) is 4.98. The van der Waals surface area contributed by atoms with E-state index >= 15 is 0 Å². The van der Waals surface area contributed by atoms with Crippen LogP contribution in [0.2, 0.25) is 0 Å². The van der Waals surface area contributed by atoms with E-state index in [1.54, 1.807) is 0 Å². The maximum atomic E-state index is 11.3. The van der Waals surface area contributed by atoms with Crippen LogP contribution in [-0.4, -0.2) is 18.0 Å². The number of esters is 1. The molecule has 1 heterocycles. The summed E-state index contributed by atoms with van der Waals surface area (Å²) in [6.07, 6.45) is 0.692. The van der Waals surface area contributed by atoms with Gasteiger partial charge in [0.1, 0.15) is 5.41 Å². The number of Topliss-reactive ketones (excluding diaryl/α,β-unsaturated/α-hetero) is 1. The quantitative estimate of drug-likeness (QED) is 0.358. The van der Waals surface area contributed by atoms with E-state index in [0.717, 1.165) is 0 Å². The van der Waals surface area contributed by atoms with Crippen molar-refractivity contribution in [1.29, 1.82) is 0 Å². The third-order valence-corrected chi connectivity index (χ3v) is 2.04. The highest BCUT2D eigenvalue weighted by molar-refractivity contribution is 6.10. The highest BCUT2D eigenvalue weighted by atomic mass is 16.6. The second-order valence-corrected chi connectivity index (χ2v) is 3.02. The Bertz CT molecular complexity index is 249. The molecule has 1 aliphatic heterocycles. The zero-order chi connectivity index (χ0) is 9.35. The number of ketones is 1. The van der Waals surface area contributed by atoms with E-state index in [1.165, 1.54) is 13.0 Å². The third-order valence-electron chi connectivity index (χ3n) is 2.04. The van der Waals surface area contributed by atoms with Crippen LogP contribution in [0.3, 0.4) is 0 Å². The molecule has 2 unspecified atom stereocenters. The van der Waals surface area contributed by atoms with E-state index in [0.29, 0.717) is 0 Å². The van der Waals surface area contributed by atoms with Crippen molar-refractivity contribution in [3.8, 4) is 0 Å². The van der Waals surface area contributed by atoms with Crippen molar-refractivity contribution in [3.05, 3.63) is 12.7 Å². The minimum absolute atomic E-state index is 0.276. The molecule has 0 radical (unpaired) electrons. The number of carbonyl (C=O) groups excluding carboxylic acids is 2. The highest BCUT2D eigenvalue weighted by Gasteiger charge is 2.51. The van der Waals surface area contributed by atoms with Gasteiger partial charge in [-0.05, 0) is 13.3 Å². The number of hydrogen-bond donors (Lipinski definition) is 1. The van der Waals surface area contributed by atoms with E-state index in [1.807, 2.05) is 0 Å². The first-order valence-electron chi connectivity index (χ1n) is 3.64. The lowest BCUT2D eigenvalue weighted by atomic mass is 9.84. The van der Waals surface area contributed by atoms with Crippen molar-refractivity contribution in [2.45, 2.75) is 19.6 Å². The Kier molecular flexibility index (Phi) is 2.02. The SMILES string of the molecule is C=CCC1(C)C(=O)OC(N)C1=O. The van der Waals surface area contributed by atoms with Crippen LogP contribution in [0.5, 0.6) is 0 Å². The average molecular weight is 169 g/mol. The Labute approximate surface area is 70.4 Å². The number of carbonyl (C=O) groups is 2. The predicted octanol–water partition coefficient (Wildman–Crippen LogP) is -0.0205. The van der Waals surface area contributed by atoms with Gasteiger partial charge in [0.25, 0.3) is 0 Å². The summed E-state index contributed by atoms with van der Waals surface area (Å²) in [5, 5.41) is 0. The highest BCUT2D eigenvalue weighted by Crippen LogP contribution is 2.32. The molecule has 1 aliphatic rings. The monoisotopic (exact) mass is 169 g/mol. The fourth-order valence-electron chi connectivity index (χ4n) is 1.19. The minimum Gasteiger partial charge on any atom is -0.438 e. The van der Waals surface area contributed by atoms with Gasteiger partial charge in [0.15, 0.2) is 0 Å². The minimum atomic E-state index is -1.11. The molecule has 1 saturated heterocycles. The Morgan fingerprint density at radius 1 is 1.75 bits per heavy atom. The Morgan fingerprint density at radius 3 is 2.67 bits per heavy atom.